The molecule has 1 aliphatic carbocycles. The van der Waals surface area contributed by atoms with Gasteiger partial charge in [0.05, 0.1) is 6.61 Å². The molecule has 0 aliphatic heterocycles. The van der Waals surface area contributed by atoms with Crippen LogP contribution in [0.3, 0.4) is 0 Å². The number of ether oxygens (including phenoxy) is 1. The molecule has 0 heterocycles. The van der Waals surface area contributed by atoms with Crippen LogP contribution in [0.4, 0.5) is 0 Å². The Bertz CT molecular complexity index is 338. The van der Waals surface area contributed by atoms with Gasteiger partial charge in [-0.1, -0.05) is 30.3 Å². The van der Waals surface area contributed by atoms with Crippen molar-refractivity contribution in [2.75, 3.05) is 39.9 Å². The van der Waals surface area contributed by atoms with Crippen molar-refractivity contribution in [3.05, 3.63) is 35.9 Å². The van der Waals surface area contributed by atoms with Crippen LogP contribution in [-0.4, -0.2) is 44.8 Å². The van der Waals surface area contributed by atoms with Crippen molar-refractivity contribution in [2.45, 2.75) is 19.4 Å². The van der Waals surface area contributed by atoms with Gasteiger partial charge in [0.25, 0.3) is 0 Å². The van der Waals surface area contributed by atoms with Gasteiger partial charge in [-0.2, -0.15) is 0 Å². The second-order valence-corrected chi connectivity index (χ2v) is 5.48. The fraction of sp³-hybridized carbons (Fsp3) is 0.625. The summed E-state index contributed by atoms with van der Waals surface area (Å²) in [6.07, 6.45) is 2.75. The highest BCUT2D eigenvalue weighted by molar-refractivity contribution is 5.14. The molecule has 0 amide bonds. The smallest absolute Gasteiger partial charge is 0.0593 e. The van der Waals surface area contributed by atoms with Crippen LogP contribution in [0.5, 0.6) is 0 Å². The molecule has 19 heavy (non-hydrogen) atoms. The highest BCUT2D eigenvalue weighted by Gasteiger charge is 2.20. The normalized spacial score (nSPS) is 15.1. The van der Waals surface area contributed by atoms with E-state index in [9.17, 15) is 0 Å². The van der Waals surface area contributed by atoms with Crippen molar-refractivity contribution in [2.24, 2.45) is 5.92 Å². The first-order valence-corrected chi connectivity index (χ1v) is 7.35. The molecule has 0 radical (unpaired) electrons. The Balaban J connectivity index is 1.43. The predicted octanol–water partition coefficient (Wildman–Crippen LogP) is 2.13. The Labute approximate surface area is 116 Å². The van der Waals surface area contributed by atoms with Crippen LogP contribution in [-0.2, 0) is 11.3 Å². The minimum absolute atomic E-state index is 0.867. The lowest BCUT2D eigenvalue weighted by Crippen LogP contribution is -2.31. The molecule has 0 unspecified atom stereocenters. The molecule has 1 fully saturated rings. The topological polar surface area (TPSA) is 24.5 Å². The highest BCUT2D eigenvalue weighted by Crippen LogP contribution is 2.28. The first-order chi connectivity index (χ1) is 9.34. The van der Waals surface area contributed by atoms with Gasteiger partial charge in [-0.05, 0) is 31.4 Å². The molecule has 1 aromatic rings. The maximum atomic E-state index is 5.64. The molecule has 2 rings (SSSR count). The van der Waals surface area contributed by atoms with Gasteiger partial charge in [-0.25, -0.2) is 0 Å². The molecule has 0 bridgehead atoms. The number of nitrogens with one attached hydrogen (secondary N) is 1. The average Bonchev–Trinajstić information content (AvgIpc) is 3.25. The predicted molar refractivity (Wildman–Crippen MR) is 79.2 cm³/mol. The fourth-order valence-corrected chi connectivity index (χ4v) is 1.97. The lowest BCUT2D eigenvalue weighted by molar-refractivity contribution is 0.104. The molecule has 1 aliphatic rings. The van der Waals surface area contributed by atoms with Gasteiger partial charge in [0.15, 0.2) is 0 Å². The lowest BCUT2D eigenvalue weighted by atomic mass is 10.2. The summed E-state index contributed by atoms with van der Waals surface area (Å²) in [6.45, 7) is 5.91. The minimum atomic E-state index is 0.867. The fourth-order valence-electron chi connectivity index (χ4n) is 1.97. The molecular formula is C16H26N2O. The summed E-state index contributed by atoms with van der Waals surface area (Å²) in [7, 11) is 2.16. The van der Waals surface area contributed by atoms with Gasteiger partial charge in [-0.15, -0.1) is 0 Å². The Morgan fingerprint density at radius 1 is 1.21 bits per heavy atom. The molecule has 3 nitrogen and oxygen atoms in total. The van der Waals surface area contributed by atoms with E-state index in [0.717, 1.165) is 45.3 Å². The maximum absolute atomic E-state index is 5.64. The third-order valence-corrected chi connectivity index (χ3v) is 3.51. The van der Waals surface area contributed by atoms with E-state index in [0.29, 0.717) is 0 Å². The summed E-state index contributed by atoms with van der Waals surface area (Å²) in [5, 5.41) is 3.47. The summed E-state index contributed by atoms with van der Waals surface area (Å²) in [5.41, 5.74) is 1.35. The highest BCUT2D eigenvalue weighted by atomic mass is 16.5. The van der Waals surface area contributed by atoms with E-state index in [1.165, 1.54) is 18.4 Å². The van der Waals surface area contributed by atoms with E-state index in [1.54, 1.807) is 0 Å². The van der Waals surface area contributed by atoms with E-state index in [4.69, 9.17) is 4.74 Å². The molecule has 3 heteroatoms. The van der Waals surface area contributed by atoms with E-state index < -0.39 is 0 Å². The largest absolute Gasteiger partial charge is 0.380 e. The molecule has 1 saturated carbocycles. The summed E-state index contributed by atoms with van der Waals surface area (Å²) in [4.78, 5) is 2.32. The molecular weight excluding hydrogens is 236 g/mol. The van der Waals surface area contributed by atoms with E-state index in [1.807, 2.05) is 0 Å². The second-order valence-electron chi connectivity index (χ2n) is 5.48. The van der Waals surface area contributed by atoms with Crippen LogP contribution >= 0.6 is 0 Å². The number of nitrogens with zero attached hydrogens (tertiary/aromatic N) is 1. The zero-order chi connectivity index (χ0) is 13.3. The van der Waals surface area contributed by atoms with Crippen molar-refractivity contribution < 1.29 is 4.74 Å². The molecule has 1 aromatic carbocycles. The number of rotatable bonds is 10. The van der Waals surface area contributed by atoms with Crippen LogP contribution in [0.15, 0.2) is 30.3 Å². The third kappa shape index (κ3) is 6.71. The van der Waals surface area contributed by atoms with E-state index in [-0.39, 0.29) is 0 Å². The van der Waals surface area contributed by atoms with Gasteiger partial charge in [0.1, 0.15) is 0 Å². The van der Waals surface area contributed by atoms with Crippen LogP contribution in [0, 0.1) is 5.92 Å². The van der Waals surface area contributed by atoms with Gasteiger partial charge in [0.2, 0.25) is 0 Å². The van der Waals surface area contributed by atoms with E-state index >= 15 is 0 Å². The number of hydrogen-bond donors (Lipinski definition) is 1. The number of benzene rings is 1. The first kappa shape index (κ1) is 14.5. The number of likely N-dealkylation sites (N-methyl/N-ethyl adjacent to an activating group) is 1. The average molecular weight is 262 g/mol. The quantitative estimate of drug-likeness (QED) is 0.654. The monoisotopic (exact) mass is 262 g/mol. The summed E-state index contributed by atoms with van der Waals surface area (Å²) >= 11 is 0. The SMILES string of the molecule is CN(CCNCc1ccccc1)CCOCC1CC1. The van der Waals surface area contributed by atoms with Crippen molar-refractivity contribution in [3.8, 4) is 0 Å². The number of hydrogen-bond acceptors (Lipinski definition) is 3. The van der Waals surface area contributed by atoms with Crippen LogP contribution < -0.4 is 5.32 Å². The molecule has 1 N–H and O–H groups in total. The Morgan fingerprint density at radius 3 is 2.74 bits per heavy atom. The van der Waals surface area contributed by atoms with Crippen molar-refractivity contribution in [3.63, 3.8) is 0 Å². The molecule has 0 aromatic heterocycles. The summed E-state index contributed by atoms with van der Waals surface area (Å²) < 4.78 is 5.64. The summed E-state index contributed by atoms with van der Waals surface area (Å²) in [6, 6.07) is 10.5. The third-order valence-electron chi connectivity index (χ3n) is 3.51. The Hall–Kier alpha value is -0.900. The molecule has 0 atom stereocenters. The summed E-state index contributed by atoms with van der Waals surface area (Å²) in [5.74, 6) is 0.873. The van der Waals surface area contributed by atoms with Crippen LogP contribution in [0.2, 0.25) is 0 Å². The van der Waals surface area contributed by atoms with Crippen molar-refractivity contribution in [1.82, 2.24) is 10.2 Å². The maximum Gasteiger partial charge on any atom is 0.0593 e. The Morgan fingerprint density at radius 2 is 2.00 bits per heavy atom. The Kier molecular flexibility index (Phi) is 6.34. The molecule has 106 valence electrons. The van der Waals surface area contributed by atoms with E-state index in [2.05, 4.69) is 47.6 Å². The van der Waals surface area contributed by atoms with Gasteiger partial charge >= 0.3 is 0 Å². The zero-order valence-corrected chi connectivity index (χ0v) is 12.0. The van der Waals surface area contributed by atoms with Gasteiger partial charge < -0.3 is 15.0 Å². The first-order valence-electron chi connectivity index (χ1n) is 7.35. The lowest BCUT2D eigenvalue weighted by Gasteiger charge is -2.17. The second kappa shape index (κ2) is 8.31. The van der Waals surface area contributed by atoms with Crippen molar-refractivity contribution >= 4 is 0 Å². The molecule has 0 saturated heterocycles. The van der Waals surface area contributed by atoms with Crippen LogP contribution in [0.25, 0.3) is 0 Å². The molecule has 0 spiro atoms. The van der Waals surface area contributed by atoms with Gasteiger partial charge in [-0.3, -0.25) is 0 Å². The van der Waals surface area contributed by atoms with Crippen molar-refractivity contribution in [1.29, 1.82) is 0 Å². The standard InChI is InChI=1S/C16H26N2O/c1-18(11-12-19-14-16-7-8-16)10-9-17-13-15-5-3-2-4-6-15/h2-6,16-17H,7-14H2,1H3. The van der Waals surface area contributed by atoms with Gasteiger partial charge in [0, 0.05) is 32.8 Å². The minimum Gasteiger partial charge on any atom is -0.380 e. The zero-order valence-electron chi connectivity index (χ0n) is 12.0. The van der Waals surface area contributed by atoms with Crippen LogP contribution in [0.1, 0.15) is 18.4 Å².